The molecule has 166 valence electrons. The van der Waals surface area contributed by atoms with E-state index < -0.39 is 5.97 Å². The molecule has 4 rings (SSSR count). The number of rotatable bonds is 8. The molecule has 3 aromatic rings. The van der Waals surface area contributed by atoms with Gasteiger partial charge in [-0.05, 0) is 60.5 Å². The molecule has 0 spiro atoms. The highest BCUT2D eigenvalue weighted by atomic mass is 16.5. The maximum absolute atomic E-state index is 11.0. The minimum atomic E-state index is -0.877. The van der Waals surface area contributed by atoms with Crippen molar-refractivity contribution in [2.24, 2.45) is 0 Å². The smallest absolute Gasteiger partial charge is 0.335 e. The Labute approximate surface area is 189 Å². The van der Waals surface area contributed by atoms with Gasteiger partial charge in [-0.2, -0.15) is 0 Å². The lowest BCUT2D eigenvalue weighted by atomic mass is 10.1. The van der Waals surface area contributed by atoms with Crippen molar-refractivity contribution in [1.82, 2.24) is 9.80 Å². The molecule has 0 aromatic heterocycles. The van der Waals surface area contributed by atoms with Crippen molar-refractivity contribution in [2.75, 3.05) is 26.2 Å². The van der Waals surface area contributed by atoms with Gasteiger partial charge in [-0.15, -0.1) is 0 Å². The minimum absolute atomic E-state index is 0.340. The van der Waals surface area contributed by atoms with Crippen molar-refractivity contribution in [2.45, 2.75) is 26.1 Å². The number of hydrogen-bond acceptors (Lipinski definition) is 4. The summed E-state index contributed by atoms with van der Waals surface area (Å²) in [7, 11) is 0. The molecular weight excluding hydrogens is 400 g/mol. The number of benzene rings is 3. The van der Waals surface area contributed by atoms with Gasteiger partial charge in [0.15, 0.2) is 0 Å². The second kappa shape index (κ2) is 10.9. The third-order valence-corrected chi connectivity index (χ3v) is 5.87. The zero-order valence-electron chi connectivity index (χ0n) is 18.3. The quantitative estimate of drug-likeness (QED) is 0.563. The molecule has 1 aliphatic heterocycles. The highest BCUT2D eigenvalue weighted by molar-refractivity contribution is 5.87. The second-order valence-corrected chi connectivity index (χ2v) is 8.33. The Morgan fingerprint density at radius 3 is 1.84 bits per heavy atom. The zero-order valence-corrected chi connectivity index (χ0v) is 18.3. The van der Waals surface area contributed by atoms with E-state index in [4.69, 9.17) is 9.84 Å². The molecule has 0 radical (unpaired) electrons. The van der Waals surface area contributed by atoms with Crippen LogP contribution in [0.15, 0.2) is 78.9 Å². The van der Waals surface area contributed by atoms with E-state index >= 15 is 0 Å². The van der Waals surface area contributed by atoms with Gasteiger partial charge in [0.2, 0.25) is 0 Å². The van der Waals surface area contributed by atoms with Crippen molar-refractivity contribution >= 4 is 5.97 Å². The molecule has 1 N–H and O–H groups in total. The topological polar surface area (TPSA) is 53.0 Å². The monoisotopic (exact) mass is 430 g/mol. The largest absolute Gasteiger partial charge is 0.489 e. The van der Waals surface area contributed by atoms with Gasteiger partial charge in [0.1, 0.15) is 12.4 Å². The van der Waals surface area contributed by atoms with Crippen molar-refractivity contribution in [3.05, 3.63) is 101 Å². The predicted molar refractivity (Wildman–Crippen MR) is 126 cm³/mol. The molecule has 0 unspecified atom stereocenters. The number of nitrogens with zero attached hydrogens (tertiary/aromatic N) is 2. The van der Waals surface area contributed by atoms with Crippen LogP contribution in [0.4, 0.5) is 0 Å². The molecule has 1 fully saturated rings. The number of carboxylic acid groups (broad SMARTS) is 1. The molecule has 5 heteroatoms. The molecule has 0 saturated carbocycles. The summed E-state index contributed by atoms with van der Waals surface area (Å²) in [5.41, 5.74) is 3.97. The van der Waals surface area contributed by atoms with Gasteiger partial charge in [-0.25, -0.2) is 4.79 Å². The van der Waals surface area contributed by atoms with Gasteiger partial charge in [0.25, 0.3) is 0 Å². The van der Waals surface area contributed by atoms with Crippen LogP contribution in [0.3, 0.4) is 0 Å². The first-order valence-electron chi connectivity index (χ1n) is 11.2. The van der Waals surface area contributed by atoms with Crippen molar-refractivity contribution in [3.8, 4) is 5.75 Å². The number of carbonyl (C=O) groups is 1. The summed E-state index contributed by atoms with van der Waals surface area (Å²) in [4.78, 5) is 16.0. The first kappa shape index (κ1) is 22.1. The highest BCUT2D eigenvalue weighted by Crippen LogP contribution is 2.17. The van der Waals surface area contributed by atoms with E-state index in [0.717, 1.165) is 57.0 Å². The van der Waals surface area contributed by atoms with Crippen LogP contribution in [-0.4, -0.2) is 47.1 Å². The fourth-order valence-electron chi connectivity index (χ4n) is 4.04. The summed E-state index contributed by atoms with van der Waals surface area (Å²) in [5, 5.41) is 9.05. The van der Waals surface area contributed by atoms with Crippen LogP contribution >= 0.6 is 0 Å². The van der Waals surface area contributed by atoms with E-state index in [1.165, 1.54) is 11.1 Å². The molecule has 3 aromatic carbocycles. The van der Waals surface area contributed by atoms with E-state index in [9.17, 15) is 4.79 Å². The number of carboxylic acids is 1. The summed E-state index contributed by atoms with van der Waals surface area (Å²) in [6, 6.07) is 25.9. The molecule has 0 bridgehead atoms. The molecular formula is C27H30N2O3. The maximum atomic E-state index is 11.0. The molecule has 0 atom stereocenters. The third kappa shape index (κ3) is 6.42. The van der Waals surface area contributed by atoms with Gasteiger partial charge in [0.05, 0.1) is 5.56 Å². The average molecular weight is 431 g/mol. The molecule has 0 amide bonds. The Bertz CT molecular complexity index is 988. The molecule has 0 aliphatic carbocycles. The summed E-state index contributed by atoms with van der Waals surface area (Å²) >= 11 is 0. The molecule has 1 heterocycles. The molecule has 5 nitrogen and oxygen atoms in total. The average Bonchev–Trinajstić information content (AvgIpc) is 3.04. The van der Waals surface area contributed by atoms with Crippen LogP contribution in [0, 0.1) is 0 Å². The van der Waals surface area contributed by atoms with Crippen LogP contribution in [-0.2, 0) is 19.7 Å². The predicted octanol–water partition coefficient (Wildman–Crippen LogP) is 4.67. The van der Waals surface area contributed by atoms with Crippen LogP contribution in [0.5, 0.6) is 5.75 Å². The van der Waals surface area contributed by atoms with Crippen molar-refractivity contribution < 1.29 is 14.6 Å². The summed E-state index contributed by atoms with van der Waals surface area (Å²) < 4.78 is 5.90. The summed E-state index contributed by atoms with van der Waals surface area (Å²) in [6.45, 7) is 6.57. The molecule has 1 aliphatic rings. The van der Waals surface area contributed by atoms with Crippen LogP contribution < -0.4 is 4.74 Å². The maximum Gasteiger partial charge on any atom is 0.335 e. The number of ether oxygens (including phenoxy) is 1. The normalized spacial score (nSPS) is 15.2. The fraction of sp³-hybridized carbons (Fsp3) is 0.296. The van der Waals surface area contributed by atoms with Crippen molar-refractivity contribution in [1.29, 1.82) is 0 Å². The van der Waals surface area contributed by atoms with E-state index in [2.05, 4.69) is 46.2 Å². The Morgan fingerprint density at radius 2 is 1.28 bits per heavy atom. The zero-order chi connectivity index (χ0) is 22.2. The number of hydrogen-bond donors (Lipinski definition) is 1. The summed E-state index contributed by atoms with van der Waals surface area (Å²) in [6.07, 6.45) is 1.13. The van der Waals surface area contributed by atoms with E-state index in [0.29, 0.717) is 12.2 Å². The standard InChI is InChI=1S/C27H30N2O3/c30-27(31)25-11-7-22(8-12-25)19-28-15-4-16-29(18-17-28)20-23-9-13-26(14-10-23)32-21-24-5-2-1-3-6-24/h1-3,5-14H,4,15-21H2,(H,30,31). The van der Waals surface area contributed by atoms with Crippen molar-refractivity contribution in [3.63, 3.8) is 0 Å². The lowest BCUT2D eigenvalue weighted by molar-refractivity contribution is 0.0697. The lowest BCUT2D eigenvalue weighted by Gasteiger charge is -2.22. The third-order valence-electron chi connectivity index (χ3n) is 5.87. The highest BCUT2D eigenvalue weighted by Gasteiger charge is 2.15. The Hall–Kier alpha value is -3.15. The van der Waals surface area contributed by atoms with E-state index in [1.807, 2.05) is 30.3 Å². The molecule has 1 saturated heterocycles. The Balaban J connectivity index is 1.24. The van der Waals surface area contributed by atoms with Gasteiger partial charge in [0, 0.05) is 26.2 Å². The first-order chi connectivity index (χ1) is 15.7. The van der Waals surface area contributed by atoms with Gasteiger partial charge in [-0.1, -0.05) is 54.6 Å². The Kier molecular flexibility index (Phi) is 7.54. The first-order valence-corrected chi connectivity index (χ1v) is 11.2. The summed E-state index contributed by atoms with van der Waals surface area (Å²) in [5.74, 6) is 0.0197. The van der Waals surface area contributed by atoms with E-state index in [-0.39, 0.29) is 0 Å². The second-order valence-electron chi connectivity index (χ2n) is 8.33. The minimum Gasteiger partial charge on any atom is -0.489 e. The van der Waals surface area contributed by atoms with E-state index in [1.54, 1.807) is 12.1 Å². The van der Waals surface area contributed by atoms with Gasteiger partial charge >= 0.3 is 5.97 Å². The van der Waals surface area contributed by atoms with Gasteiger partial charge < -0.3 is 9.84 Å². The number of aromatic carboxylic acids is 1. The van der Waals surface area contributed by atoms with Gasteiger partial charge in [-0.3, -0.25) is 9.80 Å². The van der Waals surface area contributed by atoms with Crippen LogP contribution in [0.1, 0.15) is 33.5 Å². The lowest BCUT2D eigenvalue weighted by Crippen LogP contribution is -2.30. The Morgan fingerprint density at radius 1 is 0.719 bits per heavy atom. The van der Waals surface area contributed by atoms with Crippen LogP contribution in [0.2, 0.25) is 0 Å². The SMILES string of the molecule is O=C(O)c1ccc(CN2CCCN(Cc3ccc(OCc4ccccc4)cc3)CC2)cc1. The molecule has 32 heavy (non-hydrogen) atoms. The van der Waals surface area contributed by atoms with Crippen LogP contribution in [0.25, 0.3) is 0 Å². The fourth-order valence-corrected chi connectivity index (χ4v) is 4.04.